The molecule has 0 aromatic heterocycles. The van der Waals surface area contributed by atoms with Gasteiger partial charge >= 0.3 is 0 Å². The number of benzene rings is 1. The molecule has 0 unspecified atom stereocenters. The molecule has 0 amide bonds. The van der Waals surface area contributed by atoms with Gasteiger partial charge in [0, 0.05) is 0 Å². The number of para-hydroxylation sites is 2. The Morgan fingerprint density at radius 1 is 1.00 bits per heavy atom. The fourth-order valence-corrected chi connectivity index (χ4v) is 1.21. The summed E-state index contributed by atoms with van der Waals surface area (Å²) in [5, 5.41) is 0. The maximum atomic E-state index is 5.52. The van der Waals surface area contributed by atoms with E-state index in [4.69, 9.17) is 18.9 Å². The molecule has 0 saturated heterocycles. The van der Waals surface area contributed by atoms with E-state index in [0.717, 1.165) is 0 Å². The van der Waals surface area contributed by atoms with Gasteiger partial charge in [-0.3, -0.25) is 0 Å². The molecule has 1 aromatic rings. The van der Waals surface area contributed by atoms with Crippen LogP contribution >= 0.6 is 0 Å². The molecule has 0 aliphatic rings. The van der Waals surface area contributed by atoms with E-state index in [9.17, 15) is 0 Å². The fraction of sp³-hybridized carbons (Fsp3) is 0.286. The van der Waals surface area contributed by atoms with Crippen molar-refractivity contribution in [1.29, 1.82) is 0 Å². The quantitative estimate of drug-likeness (QED) is 0.277. The second kappa shape index (κ2) is 9.13. The Kier molecular flexibility index (Phi) is 7.16. The first-order valence-corrected chi connectivity index (χ1v) is 5.64. The first-order valence-electron chi connectivity index (χ1n) is 5.64. The average Bonchev–Trinajstić information content (AvgIpc) is 2.41. The van der Waals surface area contributed by atoms with Gasteiger partial charge in [0.25, 0.3) is 0 Å². The van der Waals surface area contributed by atoms with Crippen LogP contribution in [0.4, 0.5) is 0 Å². The normalized spacial score (nSPS) is 9.56. The summed E-state index contributed by atoms with van der Waals surface area (Å²) in [6.07, 6.45) is 3.05. The Balaban J connectivity index is 2.40. The third-order valence-electron chi connectivity index (χ3n) is 1.96. The minimum Gasteiger partial charge on any atom is -0.498 e. The van der Waals surface area contributed by atoms with Crippen LogP contribution < -0.4 is 9.47 Å². The van der Waals surface area contributed by atoms with E-state index in [1.165, 1.54) is 6.26 Å². The van der Waals surface area contributed by atoms with E-state index in [0.29, 0.717) is 31.3 Å². The van der Waals surface area contributed by atoms with Gasteiger partial charge in [-0.25, -0.2) is 0 Å². The smallest absolute Gasteiger partial charge is 0.189 e. The molecule has 0 aliphatic heterocycles. The molecule has 0 spiro atoms. The highest BCUT2D eigenvalue weighted by Gasteiger charge is 2.03. The topological polar surface area (TPSA) is 36.9 Å². The summed E-state index contributed by atoms with van der Waals surface area (Å²) >= 11 is 0. The van der Waals surface area contributed by atoms with Crippen molar-refractivity contribution < 1.29 is 18.9 Å². The molecule has 98 valence electrons. The molecule has 18 heavy (non-hydrogen) atoms. The largest absolute Gasteiger partial charge is 0.498 e. The third-order valence-corrected chi connectivity index (χ3v) is 1.96. The van der Waals surface area contributed by atoms with E-state index in [1.807, 2.05) is 24.3 Å². The van der Waals surface area contributed by atoms with Gasteiger partial charge in [0.15, 0.2) is 18.3 Å². The van der Waals surface area contributed by atoms with Crippen LogP contribution in [0.1, 0.15) is 0 Å². The molecule has 4 heteroatoms. The van der Waals surface area contributed by atoms with Gasteiger partial charge in [-0.2, -0.15) is 0 Å². The number of hydrogen-bond donors (Lipinski definition) is 0. The van der Waals surface area contributed by atoms with E-state index in [2.05, 4.69) is 13.2 Å². The van der Waals surface area contributed by atoms with Crippen LogP contribution in [-0.4, -0.2) is 26.6 Å². The first kappa shape index (κ1) is 14.1. The lowest BCUT2D eigenvalue weighted by atomic mass is 10.3. The molecular weight excluding hydrogens is 232 g/mol. The van der Waals surface area contributed by atoms with Crippen molar-refractivity contribution in [2.75, 3.05) is 26.6 Å². The second-order valence-corrected chi connectivity index (χ2v) is 3.25. The van der Waals surface area contributed by atoms with Gasteiger partial charge < -0.3 is 18.9 Å². The summed E-state index contributed by atoms with van der Waals surface area (Å²) in [4.78, 5) is 0. The summed E-state index contributed by atoms with van der Waals surface area (Å²) in [5.41, 5.74) is 0. The highest BCUT2D eigenvalue weighted by atomic mass is 16.7. The van der Waals surface area contributed by atoms with Gasteiger partial charge in [-0.1, -0.05) is 24.8 Å². The first-order chi connectivity index (χ1) is 8.88. The Morgan fingerprint density at radius 2 is 1.72 bits per heavy atom. The van der Waals surface area contributed by atoms with Crippen molar-refractivity contribution in [2.45, 2.75) is 0 Å². The van der Waals surface area contributed by atoms with Gasteiger partial charge in [0.2, 0.25) is 0 Å². The minimum atomic E-state index is 0.162. The predicted molar refractivity (Wildman–Crippen MR) is 69.7 cm³/mol. The summed E-state index contributed by atoms with van der Waals surface area (Å²) in [6, 6.07) is 7.40. The molecule has 1 aromatic carbocycles. The van der Waals surface area contributed by atoms with Crippen molar-refractivity contribution >= 4 is 0 Å². The molecular formula is C14H18O4. The molecule has 0 N–H and O–H groups in total. The van der Waals surface area contributed by atoms with Crippen LogP contribution in [0.3, 0.4) is 0 Å². The van der Waals surface area contributed by atoms with Crippen LogP contribution in [0.2, 0.25) is 0 Å². The Bertz CT molecular complexity index is 328. The standard InChI is InChI=1S/C14H18O4/c1-3-9-16-12-18-14-8-6-5-7-13(14)17-11-10-15-4-2/h3-8H,1-2,9-12H2. The van der Waals surface area contributed by atoms with Gasteiger partial charge in [0.1, 0.15) is 13.2 Å². The van der Waals surface area contributed by atoms with Gasteiger partial charge in [0.05, 0.1) is 12.9 Å². The molecule has 0 radical (unpaired) electrons. The van der Waals surface area contributed by atoms with Crippen LogP contribution in [0.15, 0.2) is 49.8 Å². The Hall–Kier alpha value is -1.94. The van der Waals surface area contributed by atoms with Gasteiger partial charge in [-0.15, -0.1) is 6.58 Å². The van der Waals surface area contributed by atoms with Crippen LogP contribution in [-0.2, 0) is 9.47 Å². The van der Waals surface area contributed by atoms with Crippen molar-refractivity contribution in [1.82, 2.24) is 0 Å². The van der Waals surface area contributed by atoms with E-state index in [-0.39, 0.29) is 6.79 Å². The zero-order valence-corrected chi connectivity index (χ0v) is 10.3. The lowest BCUT2D eigenvalue weighted by Gasteiger charge is -2.12. The number of ether oxygens (including phenoxy) is 4. The summed E-state index contributed by atoms with van der Waals surface area (Å²) < 4.78 is 21.1. The van der Waals surface area contributed by atoms with Crippen molar-refractivity contribution in [3.8, 4) is 11.5 Å². The maximum absolute atomic E-state index is 5.52. The maximum Gasteiger partial charge on any atom is 0.189 e. The monoisotopic (exact) mass is 250 g/mol. The molecule has 0 aliphatic carbocycles. The minimum absolute atomic E-state index is 0.162. The van der Waals surface area contributed by atoms with E-state index >= 15 is 0 Å². The lowest BCUT2D eigenvalue weighted by molar-refractivity contribution is 0.0283. The molecule has 0 atom stereocenters. The van der Waals surface area contributed by atoms with Crippen molar-refractivity contribution in [3.63, 3.8) is 0 Å². The summed E-state index contributed by atoms with van der Waals surface area (Å²) in [7, 11) is 0. The number of rotatable bonds is 10. The molecule has 1 rings (SSSR count). The molecule has 0 bridgehead atoms. The molecule has 0 saturated carbocycles. The average molecular weight is 250 g/mol. The third kappa shape index (κ3) is 5.41. The zero-order valence-electron chi connectivity index (χ0n) is 10.3. The molecule has 0 fully saturated rings. The summed E-state index contributed by atoms with van der Waals surface area (Å²) in [5.74, 6) is 1.30. The molecule has 4 nitrogen and oxygen atoms in total. The highest BCUT2D eigenvalue weighted by Crippen LogP contribution is 2.26. The van der Waals surface area contributed by atoms with E-state index in [1.54, 1.807) is 6.08 Å². The fourth-order valence-electron chi connectivity index (χ4n) is 1.21. The molecule has 0 heterocycles. The SMILES string of the molecule is C=CCOCOc1ccccc1OCCOC=C. The van der Waals surface area contributed by atoms with Crippen LogP contribution in [0, 0.1) is 0 Å². The van der Waals surface area contributed by atoms with Crippen LogP contribution in [0.25, 0.3) is 0 Å². The lowest BCUT2D eigenvalue weighted by Crippen LogP contribution is -2.07. The zero-order chi connectivity index (χ0) is 13.1. The summed E-state index contributed by atoms with van der Waals surface area (Å²) in [6.45, 7) is 8.50. The Labute approximate surface area is 107 Å². The number of hydrogen-bond acceptors (Lipinski definition) is 4. The van der Waals surface area contributed by atoms with Crippen LogP contribution in [0.5, 0.6) is 11.5 Å². The van der Waals surface area contributed by atoms with Crippen molar-refractivity contribution in [2.24, 2.45) is 0 Å². The van der Waals surface area contributed by atoms with Crippen molar-refractivity contribution in [3.05, 3.63) is 49.8 Å². The van der Waals surface area contributed by atoms with E-state index < -0.39 is 0 Å². The predicted octanol–water partition coefficient (Wildman–Crippen LogP) is 2.76. The Morgan fingerprint density at radius 3 is 2.39 bits per heavy atom. The second-order valence-electron chi connectivity index (χ2n) is 3.25. The highest BCUT2D eigenvalue weighted by molar-refractivity contribution is 5.39. The van der Waals surface area contributed by atoms with Gasteiger partial charge in [-0.05, 0) is 12.1 Å².